The van der Waals surface area contributed by atoms with Crippen molar-refractivity contribution in [1.29, 1.82) is 0 Å². The Kier molecular flexibility index (Phi) is 7.04. The van der Waals surface area contributed by atoms with Crippen molar-refractivity contribution in [2.45, 2.75) is 46.5 Å². The van der Waals surface area contributed by atoms with E-state index in [0.717, 1.165) is 0 Å². The molecule has 0 aliphatic heterocycles. The van der Waals surface area contributed by atoms with Crippen LogP contribution in [-0.4, -0.2) is 30.6 Å². The van der Waals surface area contributed by atoms with Crippen LogP contribution in [0.3, 0.4) is 0 Å². The molecule has 1 fully saturated rings. The molecule has 0 amide bonds. The fourth-order valence-electron chi connectivity index (χ4n) is 2.29. The lowest BCUT2D eigenvalue weighted by Crippen LogP contribution is -2.39. The normalized spacial score (nSPS) is 27.9. The number of ketones is 1. The molecule has 0 aromatic heterocycles. The molecule has 1 rings (SSSR count). The van der Waals surface area contributed by atoms with E-state index in [1.807, 2.05) is 13.8 Å². The zero-order valence-electron chi connectivity index (χ0n) is 11.3. The van der Waals surface area contributed by atoms with Gasteiger partial charge in [-0.3, -0.25) is 9.59 Å². The lowest BCUT2D eigenvalue weighted by Gasteiger charge is -2.36. The van der Waals surface area contributed by atoms with Crippen LogP contribution in [0.2, 0.25) is 0 Å². The van der Waals surface area contributed by atoms with Crippen molar-refractivity contribution in [2.24, 2.45) is 11.3 Å². The minimum Gasteiger partial charge on any atom is -0.481 e. The number of carbonyl (C=O) groups is 2. The van der Waals surface area contributed by atoms with Gasteiger partial charge in [0.25, 0.3) is 0 Å². The standard InChI is InChI=1S/C11H18O4.C2H6/c1-8(12)11(7-15-2)5-3-9(4-6-11)10(13)14;1-2/h9H,3-7H2,1-2H3,(H,13,14);1-2H3. The van der Waals surface area contributed by atoms with E-state index in [-0.39, 0.29) is 11.7 Å². The number of hydrogen-bond acceptors (Lipinski definition) is 3. The molecule has 1 aliphatic carbocycles. The molecule has 0 spiro atoms. The van der Waals surface area contributed by atoms with Crippen LogP contribution < -0.4 is 0 Å². The number of hydrogen-bond donors (Lipinski definition) is 1. The van der Waals surface area contributed by atoms with E-state index in [1.165, 1.54) is 0 Å². The zero-order chi connectivity index (χ0) is 13.5. The summed E-state index contributed by atoms with van der Waals surface area (Å²) in [7, 11) is 1.58. The smallest absolute Gasteiger partial charge is 0.306 e. The fourth-order valence-corrected chi connectivity index (χ4v) is 2.29. The Morgan fingerprint density at radius 1 is 1.29 bits per heavy atom. The van der Waals surface area contributed by atoms with Crippen LogP contribution in [0, 0.1) is 11.3 Å². The quantitative estimate of drug-likeness (QED) is 0.825. The summed E-state index contributed by atoms with van der Waals surface area (Å²) in [6.07, 6.45) is 2.43. The highest BCUT2D eigenvalue weighted by Crippen LogP contribution is 2.40. The molecule has 1 saturated carbocycles. The molecule has 0 heterocycles. The predicted octanol–water partition coefficient (Wildman–Crippen LogP) is 2.51. The van der Waals surface area contributed by atoms with Gasteiger partial charge in [-0.2, -0.15) is 0 Å². The first-order chi connectivity index (χ1) is 8.02. The van der Waals surface area contributed by atoms with Crippen LogP contribution in [0.25, 0.3) is 0 Å². The number of ether oxygens (including phenoxy) is 1. The van der Waals surface area contributed by atoms with Crippen LogP contribution in [0.1, 0.15) is 46.5 Å². The zero-order valence-corrected chi connectivity index (χ0v) is 11.3. The van der Waals surface area contributed by atoms with Crippen molar-refractivity contribution in [3.8, 4) is 0 Å². The summed E-state index contributed by atoms with van der Waals surface area (Å²) >= 11 is 0. The van der Waals surface area contributed by atoms with E-state index in [1.54, 1.807) is 14.0 Å². The van der Waals surface area contributed by atoms with Crippen LogP contribution in [0.5, 0.6) is 0 Å². The van der Waals surface area contributed by atoms with E-state index in [2.05, 4.69) is 0 Å². The molecule has 100 valence electrons. The summed E-state index contributed by atoms with van der Waals surface area (Å²) in [5.41, 5.74) is -0.430. The maximum Gasteiger partial charge on any atom is 0.306 e. The second-order valence-electron chi connectivity index (χ2n) is 4.38. The topological polar surface area (TPSA) is 63.6 Å². The van der Waals surface area contributed by atoms with Gasteiger partial charge in [-0.15, -0.1) is 0 Å². The molecular formula is C13H24O4. The number of carbonyl (C=O) groups excluding carboxylic acids is 1. The summed E-state index contributed by atoms with van der Waals surface area (Å²) < 4.78 is 5.07. The number of carboxylic acids is 1. The average molecular weight is 244 g/mol. The highest BCUT2D eigenvalue weighted by Gasteiger charge is 2.40. The minimum absolute atomic E-state index is 0.119. The highest BCUT2D eigenvalue weighted by molar-refractivity contribution is 5.83. The van der Waals surface area contributed by atoms with Gasteiger partial charge in [-0.05, 0) is 32.6 Å². The van der Waals surface area contributed by atoms with E-state index >= 15 is 0 Å². The van der Waals surface area contributed by atoms with Crippen molar-refractivity contribution < 1.29 is 19.4 Å². The monoisotopic (exact) mass is 244 g/mol. The number of carboxylic acid groups (broad SMARTS) is 1. The van der Waals surface area contributed by atoms with E-state index in [9.17, 15) is 9.59 Å². The van der Waals surface area contributed by atoms with E-state index in [0.29, 0.717) is 32.3 Å². The van der Waals surface area contributed by atoms with Gasteiger partial charge < -0.3 is 9.84 Å². The second-order valence-corrected chi connectivity index (χ2v) is 4.38. The summed E-state index contributed by atoms with van der Waals surface area (Å²) in [5, 5.41) is 8.86. The lowest BCUT2D eigenvalue weighted by atomic mass is 9.69. The average Bonchev–Trinajstić information content (AvgIpc) is 2.32. The highest BCUT2D eigenvalue weighted by atomic mass is 16.5. The Hall–Kier alpha value is -0.900. The predicted molar refractivity (Wildman–Crippen MR) is 65.9 cm³/mol. The number of aliphatic carboxylic acids is 1. The Bertz CT molecular complexity index is 252. The van der Waals surface area contributed by atoms with Gasteiger partial charge in [0.2, 0.25) is 0 Å². The first-order valence-corrected chi connectivity index (χ1v) is 6.24. The molecule has 4 heteroatoms. The minimum atomic E-state index is -0.746. The molecule has 0 bridgehead atoms. The van der Waals surface area contributed by atoms with Gasteiger partial charge in [-0.1, -0.05) is 13.8 Å². The van der Waals surface area contributed by atoms with Gasteiger partial charge >= 0.3 is 5.97 Å². The number of Topliss-reactive ketones (excluding diaryl/α,β-unsaturated/α-hetero) is 1. The summed E-state index contributed by atoms with van der Waals surface area (Å²) in [4.78, 5) is 22.3. The largest absolute Gasteiger partial charge is 0.481 e. The van der Waals surface area contributed by atoms with Crippen molar-refractivity contribution >= 4 is 11.8 Å². The molecule has 0 aromatic rings. The van der Waals surface area contributed by atoms with Gasteiger partial charge in [0.15, 0.2) is 0 Å². The third kappa shape index (κ3) is 4.11. The molecule has 1 aliphatic rings. The van der Waals surface area contributed by atoms with E-state index < -0.39 is 11.4 Å². The van der Waals surface area contributed by atoms with Gasteiger partial charge in [0.05, 0.1) is 17.9 Å². The molecule has 17 heavy (non-hydrogen) atoms. The van der Waals surface area contributed by atoms with Gasteiger partial charge in [-0.25, -0.2) is 0 Å². The van der Waals surface area contributed by atoms with Crippen molar-refractivity contribution in [2.75, 3.05) is 13.7 Å². The van der Waals surface area contributed by atoms with Crippen LogP contribution in [-0.2, 0) is 14.3 Å². The van der Waals surface area contributed by atoms with Crippen LogP contribution in [0.15, 0.2) is 0 Å². The molecule has 0 aromatic carbocycles. The number of methoxy groups -OCH3 is 1. The lowest BCUT2D eigenvalue weighted by molar-refractivity contribution is -0.146. The van der Waals surface area contributed by atoms with E-state index in [4.69, 9.17) is 9.84 Å². The van der Waals surface area contributed by atoms with Crippen molar-refractivity contribution in [3.05, 3.63) is 0 Å². The fraction of sp³-hybridized carbons (Fsp3) is 0.846. The maximum atomic E-state index is 11.6. The molecule has 0 saturated heterocycles. The Morgan fingerprint density at radius 2 is 1.76 bits per heavy atom. The first kappa shape index (κ1) is 16.1. The summed E-state index contributed by atoms with van der Waals surface area (Å²) in [5.74, 6) is -0.910. The molecule has 0 atom stereocenters. The van der Waals surface area contributed by atoms with Gasteiger partial charge in [0, 0.05) is 7.11 Å². The summed E-state index contributed by atoms with van der Waals surface area (Å²) in [6, 6.07) is 0. The van der Waals surface area contributed by atoms with Crippen LogP contribution in [0.4, 0.5) is 0 Å². The Morgan fingerprint density at radius 3 is 2.06 bits per heavy atom. The summed E-state index contributed by atoms with van der Waals surface area (Å²) in [6.45, 7) is 5.98. The van der Waals surface area contributed by atoms with Crippen LogP contribution >= 0.6 is 0 Å². The first-order valence-electron chi connectivity index (χ1n) is 6.24. The third-order valence-corrected chi connectivity index (χ3v) is 3.46. The number of rotatable bonds is 4. The van der Waals surface area contributed by atoms with Gasteiger partial charge in [0.1, 0.15) is 5.78 Å². The molecular weight excluding hydrogens is 220 g/mol. The molecule has 4 nitrogen and oxygen atoms in total. The molecule has 0 unspecified atom stereocenters. The Labute approximate surface area is 103 Å². The maximum absolute atomic E-state index is 11.6. The molecule has 0 radical (unpaired) electrons. The second kappa shape index (κ2) is 7.43. The SMILES string of the molecule is CC.COCC1(C(C)=O)CCC(C(=O)O)CC1. The Balaban J connectivity index is 0.00000121. The third-order valence-electron chi connectivity index (χ3n) is 3.46. The van der Waals surface area contributed by atoms with Crippen molar-refractivity contribution in [3.63, 3.8) is 0 Å². The molecule has 1 N–H and O–H groups in total. The van der Waals surface area contributed by atoms with Crippen molar-refractivity contribution in [1.82, 2.24) is 0 Å².